The van der Waals surface area contributed by atoms with Crippen LogP contribution in [0.25, 0.3) is 6.08 Å². The second kappa shape index (κ2) is 9.75. The normalized spacial score (nSPS) is 10.8. The Bertz CT molecular complexity index is 990. The highest BCUT2D eigenvalue weighted by atomic mass is 16.5. The zero-order chi connectivity index (χ0) is 19.6. The van der Waals surface area contributed by atoms with E-state index in [4.69, 9.17) is 4.74 Å². The van der Waals surface area contributed by atoms with Crippen molar-refractivity contribution in [1.82, 2.24) is 5.32 Å². The molecule has 0 aliphatic rings. The number of carbonyl (C=O) groups is 1. The van der Waals surface area contributed by atoms with Crippen LogP contribution in [0.3, 0.4) is 0 Å². The van der Waals surface area contributed by atoms with E-state index >= 15 is 0 Å². The molecule has 1 N–H and O–H groups in total. The fraction of sp³-hybridized carbons (Fsp3) is 0.0833. The first kappa shape index (κ1) is 18.9. The summed E-state index contributed by atoms with van der Waals surface area (Å²) in [4.78, 5) is 12.4. The standard InChI is InChI=1S/C24H20N2O2/c25-16-22(24(27)26-17-19-9-3-1-4-10-19)15-21-13-7-8-14-23(21)28-18-20-11-5-2-6-12-20/h1-15H,17-18H2,(H,26,27)/b22-15+. The molecule has 4 heteroatoms. The Morgan fingerprint density at radius 1 is 0.893 bits per heavy atom. The number of carbonyl (C=O) groups excluding carboxylic acids is 1. The third-order valence-corrected chi connectivity index (χ3v) is 4.12. The van der Waals surface area contributed by atoms with Crippen molar-refractivity contribution in [2.24, 2.45) is 0 Å². The molecule has 0 aromatic heterocycles. The summed E-state index contributed by atoms with van der Waals surface area (Å²) in [7, 11) is 0. The maximum Gasteiger partial charge on any atom is 0.262 e. The first-order valence-corrected chi connectivity index (χ1v) is 8.96. The highest BCUT2D eigenvalue weighted by molar-refractivity contribution is 6.01. The molecule has 0 spiro atoms. The van der Waals surface area contributed by atoms with E-state index in [1.54, 1.807) is 6.08 Å². The summed E-state index contributed by atoms with van der Waals surface area (Å²) in [5, 5.41) is 12.2. The monoisotopic (exact) mass is 368 g/mol. The Hall–Kier alpha value is -3.84. The predicted molar refractivity (Wildman–Crippen MR) is 109 cm³/mol. The van der Waals surface area contributed by atoms with Crippen LogP contribution >= 0.6 is 0 Å². The van der Waals surface area contributed by atoms with E-state index in [1.165, 1.54) is 0 Å². The van der Waals surface area contributed by atoms with Gasteiger partial charge in [0.15, 0.2) is 0 Å². The zero-order valence-corrected chi connectivity index (χ0v) is 15.3. The Morgan fingerprint density at radius 2 is 1.50 bits per heavy atom. The summed E-state index contributed by atoms with van der Waals surface area (Å²) in [6, 6.07) is 28.7. The fourth-order valence-corrected chi connectivity index (χ4v) is 2.64. The maximum atomic E-state index is 12.4. The minimum atomic E-state index is -0.413. The Balaban J connectivity index is 1.71. The first-order valence-electron chi connectivity index (χ1n) is 8.96. The number of benzene rings is 3. The summed E-state index contributed by atoms with van der Waals surface area (Å²) in [5.74, 6) is 0.208. The van der Waals surface area contributed by atoms with Gasteiger partial charge in [0, 0.05) is 12.1 Å². The molecular formula is C24H20N2O2. The van der Waals surface area contributed by atoms with Crippen LogP contribution in [0.4, 0.5) is 0 Å². The number of hydrogen-bond donors (Lipinski definition) is 1. The number of hydrogen-bond acceptors (Lipinski definition) is 3. The minimum absolute atomic E-state index is 0.0340. The lowest BCUT2D eigenvalue weighted by atomic mass is 10.1. The number of para-hydroxylation sites is 1. The molecule has 3 aromatic carbocycles. The van der Waals surface area contributed by atoms with Crippen molar-refractivity contribution >= 4 is 12.0 Å². The molecule has 0 aliphatic carbocycles. The van der Waals surface area contributed by atoms with Crippen LogP contribution in [0.2, 0.25) is 0 Å². The lowest BCUT2D eigenvalue weighted by Crippen LogP contribution is -2.23. The molecule has 0 saturated carbocycles. The van der Waals surface area contributed by atoms with Crippen molar-refractivity contribution in [1.29, 1.82) is 5.26 Å². The molecule has 4 nitrogen and oxygen atoms in total. The molecule has 138 valence electrons. The number of amides is 1. The number of nitrogens with zero attached hydrogens (tertiary/aromatic N) is 1. The smallest absolute Gasteiger partial charge is 0.262 e. The number of ether oxygens (including phenoxy) is 1. The van der Waals surface area contributed by atoms with Crippen molar-refractivity contribution in [3.63, 3.8) is 0 Å². The number of nitriles is 1. The topological polar surface area (TPSA) is 62.1 Å². The van der Waals surface area contributed by atoms with Crippen molar-refractivity contribution in [3.8, 4) is 11.8 Å². The summed E-state index contributed by atoms with van der Waals surface area (Å²) in [6.07, 6.45) is 1.56. The highest BCUT2D eigenvalue weighted by Gasteiger charge is 2.11. The summed E-state index contributed by atoms with van der Waals surface area (Å²) in [6.45, 7) is 0.776. The number of rotatable bonds is 7. The van der Waals surface area contributed by atoms with Gasteiger partial charge in [-0.15, -0.1) is 0 Å². The van der Waals surface area contributed by atoms with E-state index in [9.17, 15) is 10.1 Å². The van der Waals surface area contributed by atoms with Crippen molar-refractivity contribution in [2.75, 3.05) is 0 Å². The molecule has 0 aliphatic heterocycles. The van der Waals surface area contributed by atoms with Gasteiger partial charge in [0.1, 0.15) is 24.0 Å². The molecule has 0 fully saturated rings. The SMILES string of the molecule is N#C/C(=C\c1ccccc1OCc1ccccc1)C(=O)NCc1ccccc1. The van der Waals surface area contributed by atoms with Crippen LogP contribution in [0, 0.1) is 11.3 Å². The van der Waals surface area contributed by atoms with E-state index in [1.807, 2.05) is 91.0 Å². The van der Waals surface area contributed by atoms with Gasteiger partial charge in [-0.2, -0.15) is 5.26 Å². The van der Waals surface area contributed by atoms with Crippen molar-refractivity contribution in [2.45, 2.75) is 13.2 Å². The van der Waals surface area contributed by atoms with Gasteiger partial charge in [-0.05, 0) is 23.3 Å². The zero-order valence-electron chi connectivity index (χ0n) is 15.3. The van der Waals surface area contributed by atoms with Crippen LogP contribution in [0.15, 0.2) is 90.5 Å². The van der Waals surface area contributed by atoms with Gasteiger partial charge in [-0.3, -0.25) is 4.79 Å². The van der Waals surface area contributed by atoms with Gasteiger partial charge in [-0.25, -0.2) is 0 Å². The lowest BCUT2D eigenvalue weighted by molar-refractivity contribution is -0.117. The van der Waals surface area contributed by atoms with Crippen LogP contribution in [-0.4, -0.2) is 5.91 Å². The van der Waals surface area contributed by atoms with Gasteiger partial charge in [-0.1, -0.05) is 78.9 Å². The average molecular weight is 368 g/mol. The average Bonchev–Trinajstić information content (AvgIpc) is 2.76. The van der Waals surface area contributed by atoms with Crippen LogP contribution in [0.1, 0.15) is 16.7 Å². The Kier molecular flexibility index (Phi) is 6.59. The second-order valence-electron chi connectivity index (χ2n) is 6.15. The van der Waals surface area contributed by atoms with Gasteiger partial charge >= 0.3 is 0 Å². The molecule has 0 radical (unpaired) electrons. The summed E-state index contributed by atoms with van der Waals surface area (Å²) < 4.78 is 5.89. The van der Waals surface area contributed by atoms with Gasteiger partial charge in [0.05, 0.1) is 0 Å². The minimum Gasteiger partial charge on any atom is -0.488 e. The summed E-state index contributed by atoms with van der Waals surface area (Å²) >= 11 is 0. The molecule has 0 unspecified atom stereocenters. The first-order chi connectivity index (χ1) is 13.8. The Labute approximate surface area is 164 Å². The molecule has 1 amide bonds. The Morgan fingerprint density at radius 3 is 2.18 bits per heavy atom. The quantitative estimate of drug-likeness (QED) is 0.494. The van der Waals surface area contributed by atoms with Crippen LogP contribution in [0.5, 0.6) is 5.75 Å². The molecule has 0 heterocycles. The molecular weight excluding hydrogens is 348 g/mol. The summed E-state index contributed by atoms with van der Waals surface area (Å²) in [5.41, 5.74) is 2.73. The predicted octanol–water partition coefficient (Wildman–Crippen LogP) is 4.49. The molecule has 3 rings (SSSR count). The van der Waals surface area contributed by atoms with Crippen molar-refractivity contribution < 1.29 is 9.53 Å². The van der Waals surface area contributed by atoms with Crippen LogP contribution in [-0.2, 0) is 17.9 Å². The number of nitrogens with one attached hydrogen (secondary N) is 1. The highest BCUT2D eigenvalue weighted by Crippen LogP contribution is 2.22. The second-order valence-corrected chi connectivity index (χ2v) is 6.15. The van der Waals surface area contributed by atoms with E-state index in [2.05, 4.69) is 5.32 Å². The molecule has 3 aromatic rings. The third-order valence-electron chi connectivity index (χ3n) is 4.12. The van der Waals surface area contributed by atoms with Gasteiger partial charge in [0.2, 0.25) is 0 Å². The van der Waals surface area contributed by atoms with Gasteiger partial charge in [0.25, 0.3) is 5.91 Å². The largest absolute Gasteiger partial charge is 0.488 e. The maximum absolute atomic E-state index is 12.4. The van der Waals surface area contributed by atoms with E-state index in [0.29, 0.717) is 24.5 Å². The molecule has 28 heavy (non-hydrogen) atoms. The molecule has 0 atom stereocenters. The molecule has 0 saturated heterocycles. The van der Waals surface area contributed by atoms with Crippen LogP contribution < -0.4 is 10.1 Å². The van der Waals surface area contributed by atoms with E-state index < -0.39 is 5.91 Å². The van der Waals surface area contributed by atoms with E-state index in [0.717, 1.165) is 11.1 Å². The fourth-order valence-electron chi connectivity index (χ4n) is 2.64. The lowest BCUT2D eigenvalue weighted by Gasteiger charge is -2.10. The van der Waals surface area contributed by atoms with Crippen molar-refractivity contribution in [3.05, 3.63) is 107 Å². The third kappa shape index (κ3) is 5.33. The van der Waals surface area contributed by atoms with E-state index in [-0.39, 0.29) is 5.57 Å². The van der Waals surface area contributed by atoms with Gasteiger partial charge < -0.3 is 10.1 Å². The molecule has 0 bridgehead atoms.